The molecule has 104 valence electrons. The molecule has 1 unspecified atom stereocenters. The maximum atomic E-state index is 5.91. The zero-order chi connectivity index (χ0) is 13.8. The Labute approximate surface area is 123 Å². The van der Waals surface area contributed by atoms with Crippen LogP contribution >= 0.6 is 23.4 Å². The summed E-state index contributed by atoms with van der Waals surface area (Å²) < 4.78 is 2.29. The van der Waals surface area contributed by atoms with Crippen molar-refractivity contribution in [2.45, 2.75) is 32.7 Å². The van der Waals surface area contributed by atoms with Crippen molar-refractivity contribution in [1.82, 2.24) is 14.5 Å². The normalized spacial score (nSPS) is 13.1. The lowest BCUT2D eigenvalue weighted by Gasteiger charge is -2.18. The highest BCUT2D eigenvalue weighted by Crippen LogP contribution is 2.25. The van der Waals surface area contributed by atoms with Gasteiger partial charge in [-0.2, -0.15) is 11.8 Å². The molecule has 2 aromatic heterocycles. The van der Waals surface area contributed by atoms with Gasteiger partial charge in [-0.25, -0.2) is 9.97 Å². The third kappa shape index (κ3) is 3.06. The van der Waals surface area contributed by atoms with E-state index in [0.717, 1.165) is 41.1 Å². The highest BCUT2D eigenvalue weighted by atomic mass is 35.5. The van der Waals surface area contributed by atoms with Crippen LogP contribution in [0.4, 0.5) is 0 Å². The number of pyridine rings is 1. The lowest BCUT2D eigenvalue weighted by molar-refractivity contribution is 0.530. The second-order valence-electron chi connectivity index (χ2n) is 4.71. The predicted molar refractivity (Wildman–Crippen MR) is 84.4 cm³/mol. The molecule has 2 heterocycles. The summed E-state index contributed by atoms with van der Waals surface area (Å²) in [5.41, 5.74) is 3.12. The summed E-state index contributed by atoms with van der Waals surface area (Å²) in [6.07, 6.45) is 5.93. The fourth-order valence-corrected chi connectivity index (χ4v) is 3.28. The van der Waals surface area contributed by atoms with Crippen LogP contribution in [-0.2, 0) is 6.42 Å². The van der Waals surface area contributed by atoms with E-state index in [0.29, 0.717) is 11.9 Å². The Morgan fingerprint density at radius 3 is 2.89 bits per heavy atom. The Morgan fingerprint density at radius 1 is 1.47 bits per heavy atom. The molecule has 0 saturated carbocycles. The van der Waals surface area contributed by atoms with Gasteiger partial charge in [-0.15, -0.1) is 11.6 Å². The van der Waals surface area contributed by atoms with E-state index in [1.807, 2.05) is 24.9 Å². The third-order valence-electron chi connectivity index (χ3n) is 3.25. The zero-order valence-electron chi connectivity index (χ0n) is 11.7. The first kappa shape index (κ1) is 14.7. The monoisotopic (exact) mass is 297 g/mol. The molecule has 0 fully saturated rings. The SMILES string of the molecule is CCC(CSC)n1c(CCCl)nc2cc(C)cnc21. The van der Waals surface area contributed by atoms with E-state index in [-0.39, 0.29) is 0 Å². The van der Waals surface area contributed by atoms with Crippen molar-refractivity contribution in [3.05, 3.63) is 23.7 Å². The molecule has 2 aromatic rings. The van der Waals surface area contributed by atoms with E-state index >= 15 is 0 Å². The molecule has 0 aliphatic carbocycles. The van der Waals surface area contributed by atoms with Gasteiger partial charge in [0.2, 0.25) is 0 Å². The van der Waals surface area contributed by atoms with Crippen molar-refractivity contribution in [3.8, 4) is 0 Å². The minimum Gasteiger partial charge on any atom is -0.309 e. The molecule has 0 radical (unpaired) electrons. The number of rotatable bonds is 6. The van der Waals surface area contributed by atoms with Gasteiger partial charge >= 0.3 is 0 Å². The number of halogens is 1. The van der Waals surface area contributed by atoms with Crippen LogP contribution < -0.4 is 0 Å². The van der Waals surface area contributed by atoms with E-state index in [1.54, 1.807) is 0 Å². The van der Waals surface area contributed by atoms with Crippen molar-refractivity contribution in [2.24, 2.45) is 0 Å². The van der Waals surface area contributed by atoms with Gasteiger partial charge in [0.1, 0.15) is 11.3 Å². The van der Waals surface area contributed by atoms with E-state index in [9.17, 15) is 0 Å². The largest absolute Gasteiger partial charge is 0.309 e. The molecule has 2 rings (SSSR count). The molecule has 0 aromatic carbocycles. The summed E-state index contributed by atoms with van der Waals surface area (Å²) in [4.78, 5) is 9.30. The minimum absolute atomic E-state index is 0.438. The molecular formula is C14H20ClN3S. The Bertz CT molecular complexity index is 553. The Balaban J connectivity index is 2.56. The molecule has 0 aliphatic heterocycles. The molecule has 19 heavy (non-hydrogen) atoms. The minimum atomic E-state index is 0.438. The van der Waals surface area contributed by atoms with Crippen LogP contribution in [0.3, 0.4) is 0 Å². The second-order valence-corrected chi connectivity index (χ2v) is 6.00. The summed E-state index contributed by atoms with van der Waals surface area (Å²) in [6.45, 7) is 4.26. The first-order valence-corrected chi connectivity index (χ1v) is 8.52. The third-order valence-corrected chi connectivity index (χ3v) is 4.16. The molecule has 0 amide bonds. The number of hydrogen-bond donors (Lipinski definition) is 0. The van der Waals surface area contributed by atoms with Gasteiger partial charge in [0.25, 0.3) is 0 Å². The first-order valence-electron chi connectivity index (χ1n) is 6.59. The average molecular weight is 298 g/mol. The van der Waals surface area contributed by atoms with Crippen LogP contribution in [-0.4, -0.2) is 32.4 Å². The maximum absolute atomic E-state index is 5.91. The number of thioether (sulfide) groups is 1. The van der Waals surface area contributed by atoms with Gasteiger partial charge in [0.15, 0.2) is 5.65 Å². The fourth-order valence-electron chi connectivity index (χ4n) is 2.34. The van der Waals surface area contributed by atoms with Gasteiger partial charge < -0.3 is 4.57 Å². The van der Waals surface area contributed by atoms with Crippen molar-refractivity contribution < 1.29 is 0 Å². The second kappa shape index (κ2) is 6.62. The van der Waals surface area contributed by atoms with E-state index in [2.05, 4.69) is 28.8 Å². The van der Waals surface area contributed by atoms with Crippen molar-refractivity contribution in [2.75, 3.05) is 17.9 Å². The molecule has 0 saturated heterocycles. The lowest BCUT2D eigenvalue weighted by Crippen LogP contribution is -2.15. The molecule has 0 spiro atoms. The number of nitrogens with zero attached hydrogens (tertiary/aromatic N) is 3. The number of aryl methyl sites for hydroxylation is 2. The fraction of sp³-hybridized carbons (Fsp3) is 0.571. The van der Waals surface area contributed by atoms with Crippen LogP contribution in [0.1, 0.15) is 30.8 Å². The van der Waals surface area contributed by atoms with E-state index < -0.39 is 0 Å². The molecular weight excluding hydrogens is 278 g/mol. The van der Waals surface area contributed by atoms with Crippen LogP contribution in [0.2, 0.25) is 0 Å². The van der Waals surface area contributed by atoms with Gasteiger partial charge in [-0.05, 0) is 31.2 Å². The Hall–Kier alpha value is -0.740. The lowest BCUT2D eigenvalue weighted by atomic mass is 10.2. The quantitative estimate of drug-likeness (QED) is 0.759. The van der Waals surface area contributed by atoms with Crippen molar-refractivity contribution in [1.29, 1.82) is 0 Å². The summed E-state index contributed by atoms with van der Waals surface area (Å²) in [5, 5.41) is 0. The Kier molecular flexibility index (Phi) is 5.11. The topological polar surface area (TPSA) is 30.7 Å². The predicted octanol–water partition coefficient (Wildman–Crippen LogP) is 3.84. The van der Waals surface area contributed by atoms with Gasteiger partial charge in [0, 0.05) is 30.3 Å². The van der Waals surface area contributed by atoms with Crippen LogP contribution in [0.5, 0.6) is 0 Å². The summed E-state index contributed by atoms with van der Waals surface area (Å²) >= 11 is 7.77. The molecule has 1 atom stereocenters. The highest BCUT2D eigenvalue weighted by molar-refractivity contribution is 7.98. The summed E-state index contributed by atoms with van der Waals surface area (Å²) in [7, 11) is 0. The number of hydrogen-bond acceptors (Lipinski definition) is 3. The first-order chi connectivity index (χ1) is 9.21. The Morgan fingerprint density at radius 2 is 2.26 bits per heavy atom. The standard InChI is InChI=1S/C14H20ClN3S/c1-4-11(9-19-3)18-13(5-6-15)17-12-7-10(2)8-16-14(12)18/h7-8,11H,4-6,9H2,1-3H3. The van der Waals surface area contributed by atoms with Crippen molar-refractivity contribution in [3.63, 3.8) is 0 Å². The number of alkyl halides is 1. The smallest absolute Gasteiger partial charge is 0.160 e. The number of fused-ring (bicyclic) bond motifs is 1. The summed E-state index contributed by atoms with van der Waals surface area (Å²) in [5.74, 6) is 2.73. The maximum Gasteiger partial charge on any atom is 0.160 e. The molecule has 0 aliphatic rings. The molecule has 0 bridgehead atoms. The average Bonchev–Trinajstić information content (AvgIpc) is 2.73. The van der Waals surface area contributed by atoms with Crippen molar-refractivity contribution >= 4 is 34.5 Å². The van der Waals surface area contributed by atoms with Gasteiger partial charge in [-0.1, -0.05) is 6.92 Å². The van der Waals surface area contributed by atoms with Gasteiger partial charge in [0.05, 0.1) is 0 Å². The highest BCUT2D eigenvalue weighted by Gasteiger charge is 2.18. The van der Waals surface area contributed by atoms with Crippen LogP contribution in [0.25, 0.3) is 11.2 Å². The zero-order valence-corrected chi connectivity index (χ0v) is 13.3. The molecule has 5 heteroatoms. The van der Waals surface area contributed by atoms with Crippen LogP contribution in [0.15, 0.2) is 12.3 Å². The number of imidazole rings is 1. The van der Waals surface area contributed by atoms with E-state index in [1.165, 1.54) is 0 Å². The molecule has 0 N–H and O–H groups in total. The number of aromatic nitrogens is 3. The summed E-state index contributed by atoms with van der Waals surface area (Å²) in [6, 6.07) is 2.54. The van der Waals surface area contributed by atoms with Crippen LogP contribution in [0, 0.1) is 6.92 Å². The van der Waals surface area contributed by atoms with Gasteiger partial charge in [-0.3, -0.25) is 0 Å². The molecule has 3 nitrogen and oxygen atoms in total. The van der Waals surface area contributed by atoms with E-state index in [4.69, 9.17) is 16.6 Å².